The molecule has 2 N–H and O–H groups in total. The first kappa shape index (κ1) is 10.7. The van der Waals surface area contributed by atoms with E-state index in [0.717, 1.165) is 0 Å². The molecule has 46 valence electrons. The number of aliphatic hydroxyl groups excluding tert-OH is 1. The molecule has 0 aliphatic carbocycles. The maximum Gasteiger partial charge on any atom is 3.00 e. The van der Waals surface area contributed by atoms with E-state index in [9.17, 15) is 0 Å². The molecule has 0 aromatic carbocycles. The summed E-state index contributed by atoms with van der Waals surface area (Å²) in [5, 5.41) is 8.40. The van der Waals surface area contributed by atoms with E-state index in [1.165, 1.54) is 19.9 Å². The summed E-state index contributed by atoms with van der Waals surface area (Å²) in [4.78, 5) is 8.40. The van der Waals surface area contributed by atoms with Crippen LogP contribution >= 0.6 is 0 Å². The van der Waals surface area contributed by atoms with E-state index in [0.29, 0.717) is 0 Å². The summed E-state index contributed by atoms with van der Waals surface area (Å²) in [6, 6.07) is 0. The molecule has 0 heterocycles. The topological polar surface area (TPSA) is 41.6 Å². The first-order valence-corrected chi connectivity index (χ1v) is 2.02. The minimum atomic E-state index is 0. The second-order valence-electron chi connectivity index (χ2n) is 1.43. The second kappa shape index (κ2) is 4.87. The van der Waals surface area contributed by atoms with Gasteiger partial charge in [-0.15, -0.1) is 0 Å². The quantitative estimate of drug-likeness (QED) is 0.347. The molecule has 0 amide bonds. The average Bonchev–Trinajstić information content (AvgIpc) is 1.27. The van der Waals surface area contributed by atoms with Gasteiger partial charge >= 0.3 is 22.6 Å². The standard InChI is InChI=1S/C5H8O2.Co/c1-4(6)3-5(2)7;/h3,6H,1-2H3;/q;+3/p+1/b4-3-;. The number of allylic oxidation sites excluding steroid dienone is 2. The first-order valence-electron chi connectivity index (χ1n) is 2.02. The van der Waals surface area contributed by atoms with Gasteiger partial charge in [0.15, 0.2) is 0 Å². The van der Waals surface area contributed by atoms with Crippen molar-refractivity contribution in [3.05, 3.63) is 11.8 Å². The SMILES string of the molecule is CC(=[OH+])/C=C(/C)O.[Co+3]. The van der Waals surface area contributed by atoms with Crippen LogP contribution < -0.4 is 0 Å². The Bertz CT molecular complexity index is 103. The molecule has 0 unspecified atom stereocenters. The predicted molar refractivity (Wildman–Crippen MR) is 29.0 cm³/mol. The number of hydrogen-bond donors (Lipinski definition) is 1. The van der Waals surface area contributed by atoms with Gasteiger partial charge in [-0.3, -0.25) is 4.79 Å². The summed E-state index contributed by atoms with van der Waals surface area (Å²) in [6.07, 6.45) is 1.28. The molecule has 3 heteroatoms. The van der Waals surface area contributed by atoms with Crippen molar-refractivity contribution < 1.29 is 26.7 Å². The smallest absolute Gasteiger partial charge is 0.512 e. The van der Waals surface area contributed by atoms with E-state index in [1.54, 1.807) is 0 Å². The molecule has 2 nitrogen and oxygen atoms in total. The molecule has 0 aliphatic heterocycles. The average molecular weight is 160 g/mol. The van der Waals surface area contributed by atoms with Crippen molar-refractivity contribution in [2.75, 3.05) is 0 Å². The van der Waals surface area contributed by atoms with Gasteiger partial charge in [0.2, 0.25) is 0 Å². The molecule has 0 spiro atoms. The Balaban J connectivity index is 0. The molecule has 0 bridgehead atoms. The normalized spacial score (nSPS) is 10.0. The van der Waals surface area contributed by atoms with Gasteiger partial charge in [-0.2, -0.15) is 0 Å². The maximum absolute atomic E-state index is 8.40. The van der Waals surface area contributed by atoms with Crippen molar-refractivity contribution >= 4 is 5.78 Å². The van der Waals surface area contributed by atoms with Crippen LogP contribution in [0.2, 0.25) is 0 Å². The summed E-state index contributed by atoms with van der Waals surface area (Å²) < 4.78 is 0. The summed E-state index contributed by atoms with van der Waals surface area (Å²) in [5.74, 6) is 0.250. The van der Waals surface area contributed by atoms with E-state index < -0.39 is 0 Å². The number of ketones is 1. The minimum Gasteiger partial charge on any atom is -0.512 e. The third kappa shape index (κ3) is 9.21. The number of rotatable bonds is 1. The number of carbonyl (C=O) groups excluding carboxylic acids is 1. The third-order valence-corrected chi connectivity index (χ3v) is 0.418. The van der Waals surface area contributed by atoms with Crippen molar-refractivity contribution in [3.63, 3.8) is 0 Å². The van der Waals surface area contributed by atoms with Crippen LogP contribution in [0.15, 0.2) is 11.8 Å². The molecule has 0 rings (SSSR count). The molecule has 0 aromatic rings. The van der Waals surface area contributed by atoms with Crippen LogP contribution in [0, 0.1) is 0 Å². The molecule has 0 saturated carbocycles. The van der Waals surface area contributed by atoms with Crippen molar-refractivity contribution in [2.24, 2.45) is 0 Å². The van der Waals surface area contributed by atoms with Crippen LogP contribution in [0.4, 0.5) is 0 Å². The largest absolute Gasteiger partial charge is 3.00 e. The fraction of sp³-hybridized carbons (Fsp3) is 0.400. The first-order chi connectivity index (χ1) is 3.13. The van der Waals surface area contributed by atoms with Gasteiger partial charge in [-0.1, -0.05) is 0 Å². The Morgan fingerprint density at radius 2 is 1.88 bits per heavy atom. The fourth-order valence-corrected chi connectivity index (χ4v) is 0.302. The van der Waals surface area contributed by atoms with Gasteiger partial charge in [0.25, 0.3) is 0 Å². The molecule has 0 atom stereocenters. The predicted octanol–water partition coefficient (Wildman–Crippen LogP) is 1.01. The number of hydrogen-bond acceptors (Lipinski definition) is 1. The van der Waals surface area contributed by atoms with Gasteiger partial charge in [-0.25, -0.2) is 0 Å². The maximum atomic E-state index is 8.40. The summed E-state index contributed by atoms with van der Waals surface area (Å²) in [6.45, 7) is 3.00. The zero-order valence-electron chi connectivity index (χ0n) is 4.81. The van der Waals surface area contributed by atoms with E-state index >= 15 is 0 Å². The zero-order chi connectivity index (χ0) is 5.86. The third-order valence-electron chi connectivity index (χ3n) is 0.418. The molecule has 0 aromatic heterocycles. The van der Waals surface area contributed by atoms with Crippen LogP contribution in [0.25, 0.3) is 0 Å². The summed E-state index contributed by atoms with van der Waals surface area (Å²) >= 11 is 0. The second-order valence-corrected chi connectivity index (χ2v) is 1.43. The van der Waals surface area contributed by atoms with Crippen molar-refractivity contribution in [2.45, 2.75) is 13.8 Å². The van der Waals surface area contributed by atoms with Crippen LogP contribution in [0.5, 0.6) is 0 Å². The molecular formula is C5H9CoO2+4. The molecular weight excluding hydrogens is 151 g/mol. The van der Waals surface area contributed by atoms with Crippen LogP contribution in [-0.4, -0.2) is 15.7 Å². The Kier molecular flexibility index (Phi) is 6.48. The van der Waals surface area contributed by atoms with Crippen molar-refractivity contribution in [1.29, 1.82) is 0 Å². The Morgan fingerprint density at radius 1 is 1.50 bits per heavy atom. The molecule has 0 radical (unpaired) electrons. The summed E-state index contributed by atoms with van der Waals surface area (Å²) in [7, 11) is 0. The van der Waals surface area contributed by atoms with Crippen LogP contribution in [0.3, 0.4) is 0 Å². The van der Waals surface area contributed by atoms with Crippen molar-refractivity contribution in [1.82, 2.24) is 0 Å². The monoisotopic (exact) mass is 160 g/mol. The van der Waals surface area contributed by atoms with Gasteiger partial charge < -0.3 is 5.11 Å². The zero-order valence-corrected chi connectivity index (χ0v) is 5.85. The van der Waals surface area contributed by atoms with Crippen LogP contribution in [-0.2, 0) is 16.8 Å². The van der Waals surface area contributed by atoms with E-state index in [4.69, 9.17) is 9.90 Å². The van der Waals surface area contributed by atoms with Gasteiger partial charge in [0.05, 0.1) is 18.8 Å². The Hall–Kier alpha value is -0.284. The van der Waals surface area contributed by atoms with E-state index in [2.05, 4.69) is 0 Å². The van der Waals surface area contributed by atoms with Gasteiger partial charge in [-0.05, 0) is 6.92 Å². The van der Waals surface area contributed by atoms with Crippen molar-refractivity contribution in [3.8, 4) is 0 Å². The molecule has 8 heavy (non-hydrogen) atoms. The Morgan fingerprint density at radius 3 is 1.88 bits per heavy atom. The van der Waals surface area contributed by atoms with Crippen LogP contribution in [0.1, 0.15) is 13.8 Å². The molecule has 0 saturated heterocycles. The van der Waals surface area contributed by atoms with E-state index in [1.807, 2.05) is 0 Å². The van der Waals surface area contributed by atoms with E-state index in [-0.39, 0.29) is 28.3 Å². The fourth-order valence-electron chi connectivity index (χ4n) is 0.302. The van der Waals surface area contributed by atoms with Gasteiger partial charge in [0, 0.05) is 0 Å². The minimum absolute atomic E-state index is 0. The number of aliphatic hydroxyl groups is 1. The van der Waals surface area contributed by atoms with Gasteiger partial charge in [0.1, 0.15) is 0 Å². The molecule has 0 aliphatic rings. The summed E-state index contributed by atoms with van der Waals surface area (Å²) in [5.41, 5.74) is 0. The Labute approximate surface area is 58.8 Å². The molecule has 0 fully saturated rings.